The third-order valence-electron chi connectivity index (χ3n) is 4.75. The van der Waals surface area contributed by atoms with Gasteiger partial charge in [0, 0.05) is 24.5 Å². The zero-order valence-electron chi connectivity index (χ0n) is 16.2. The first-order valence-corrected chi connectivity index (χ1v) is 10.5. The number of anilines is 2. The molecule has 0 aliphatic carbocycles. The summed E-state index contributed by atoms with van der Waals surface area (Å²) in [5.74, 6) is 0.184. The van der Waals surface area contributed by atoms with Crippen molar-refractivity contribution in [3.8, 4) is 5.69 Å². The topological polar surface area (TPSA) is 72.3 Å². The zero-order chi connectivity index (χ0) is 20.1. The van der Waals surface area contributed by atoms with Gasteiger partial charge in [0.05, 0.1) is 24.7 Å². The molecule has 0 spiro atoms. The fourth-order valence-electron chi connectivity index (χ4n) is 3.23. The monoisotopic (exact) mass is 409 g/mol. The SMILES string of the molecule is Cc1ccccc1-n1cnnc1SCC(=O)Nc1ccc(N2CCOCC2)cc1. The lowest BCUT2D eigenvalue weighted by Crippen LogP contribution is -2.36. The van der Waals surface area contributed by atoms with E-state index in [2.05, 4.69) is 20.4 Å². The molecular formula is C21H23N5O2S. The van der Waals surface area contributed by atoms with Crippen LogP contribution in [0.15, 0.2) is 60.0 Å². The Labute approximate surface area is 174 Å². The summed E-state index contributed by atoms with van der Waals surface area (Å²) in [6.45, 7) is 5.33. The molecule has 2 heterocycles. The maximum absolute atomic E-state index is 12.4. The fraction of sp³-hybridized carbons (Fsp3) is 0.286. The maximum atomic E-state index is 12.4. The smallest absolute Gasteiger partial charge is 0.234 e. The Morgan fingerprint density at radius 2 is 1.90 bits per heavy atom. The molecule has 1 fully saturated rings. The molecule has 8 heteroatoms. The number of carbonyl (C=O) groups excluding carboxylic acids is 1. The third-order valence-corrected chi connectivity index (χ3v) is 5.69. The molecule has 7 nitrogen and oxygen atoms in total. The van der Waals surface area contributed by atoms with Crippen molar-refractivity contribution in [1.82, 2.24) is 14.8 Å². The number of nitrogens with zero attached hydrogens (tertiary/aromatic N) is 4. The van der Waals surface area contributed by atoms with Crippen LogP contribution in [0.25, 0.3) is 5.69 Å². The van der Waals surface area contributed by atoms with E-state index in [0.717, 1.165) is 48.9 Å². The lowest BCUT2D eigenvalue weighted by atomic mass is 10.2. The number of hydrogen-bond donors (Lipinski definition) is 1. The largest absolute Gasteiger partial charge is 0.378 e. The van der Waals surface area contributed by atoms with Crippen LogP contribution in [-0.4, -0.2) is 52.7 Å². The van der Waals surface area contributed by atoms with Crippen LogP contribution in [0.3, 0.4) is 0 Å². The van der Waals surface area contributed by atoms with Gasteiger partial charge in [0.2, 0.25) is 5.91 Å². The van der Waals surface area contributed by atoms with Crippen molar-refractivity contribution < 1.29 is 9.53 Å². The van der Waals surface area contributed by atoms with Crippen LogP contribution in [0.2, 0.25) is 0 Å². The van der Waals surface area contributed by atoms with Crippen molar-refractivity contribution in [1.29, 1.82) is 0 Å². The van der Waals surface area contributed by atoms with E-state index in [1.807, 2.05) is 60.0 Å². The van der Waals surface area contributed by atoms with Gasteiger partial charge in [-0.05, 0) is 42.8 Å². The highest BCUT2D eigenvalue weighted by Crippen LogP contribution is 2.23. The summed E-state index contributed by atoms with van der Waals surface area (Å²) in [6, 6.07) is 16.0. The van der Waals surface area contributed by atoms with Gasteiger partial charge in [-0.1, -0.05) is 30.0 Å². The van der Waals surface area contributed by atoms with Crippen LogP contribution in [0.1, 0.15) is 5.56 Å². The van der Waals surface area contributed by atoms with E-state index < -0.39 is 0 Å². The number of aryl methyl sites for hydroxylation is 1. The number of para-hydroxylation sites is 1. The molecule has 0 atom stereocenters. The molecule has 1 aliphatic heterocycles. The Morgan fingerprint density at radius 3 is 2.66 bits per heavy atom. The minimum atomic E-state index is -0.0755. The van der Waals surface area contributed by atoms with E-state index >= 15 is 0 Å². The molecule has 4 rings (SSSR count). The molecule has 0 saturated carbocycles. The van der Waals surface area contributed by atoms with E-state index in [1.165, 1.54) is 11.8 Å². The Kier molecular flexibility index (Phi) is 6.12. The molecule has 1 N–H and O–H groups in total. The van der Waals surface area contributed by atoms with Crippen molar-refractivity contribution >= 4 is 29.0 Å². The van der Waals surface area contributed by atoms with Gasteiger partial charge in [0.15, 0.2) is 5.16 Å². The van der Waals surface area contributed by atoms with Crippen LogP contribution in [0.5, 0.6) is 0 Å². The number of ether oxygens (including phenoxy) is 1. The van der Waals surface area contributed by atoms with Gasteiger partial charge in [-0.3, -0.25) is 9.36 Å². The average Bonchev–Trinajstić information content (AvgIpc) is 3.22. The summed E-state index contributed by atoms with van der Waals surface area (Å²) >= 11 is 1.37. The number of aromatic nitrogens is 3. The van der Waals surface area contributed by atoms with Crippen LogP contribution in [0, 0.1) is 6.92 Å². The second kappa shape index (κ2) is 9.11. The highest BCUT2D eigenvalue weighted by atomic mass is 32.2. The van der Waals surface area contributed by atoms with Crippen molar-refractivity contribution in [3.63, 3.8) is 0 Å². The number of hydrogen-bond acceptors (Lipinski definition) is 6. The number of morpholine rings is 1. The van der Waals surface area contributed by atoms with Gasteiger partial charge in [-0.25, -0.2) is 0 Å². The normalized spacial score (nSPS) is 14.0. The first kappa shape index (κ1) is 19.5. The molecule has 3 aromatic rings. The van der Waals surface area contributed by atoms with Crippen LogP contribution in [0.4, 0.5) is 11.4 Å². The minimum absolute atomic E-state index is 0.0755. The van der Waals surface area contributed by atoms with Crippen molar-refractivity contribution in [2.24, 2.45) is 0 Å². The Hall–Kier alpha value is -2.84. The molecule has 150 valence electrons. The Balaban J connectivity index is 1.34. The highest BCUT2D eigenvalue weighted by molar-refractivity contribution is 7.99. The summed E-state index contributed by atoms with van der Waals surface area (Å²) in [6.07, 6.45) is 1.67. The van der Waals surface area contributed by atoms with Gasteiger partial charge >= 0.3 is 0 Å². The van der Waals surface area contributed by atoms with Gasteiger partial charge in [-0.2, -0.15) is 0 Å². The van der Waals surface area contributed by atoms with Gasteiger partial charge < -0.3 is 15.0 Å². The molecule has 0 bridgehead atoms. The molecule has 29 heavy (non-hydrogen) atoms. The van der Waals surface area contributed by atoms with E-state index in [4.69, 9.17) is 4.74 Å². The zero-order valence-corrected chi connectivity index (χ0v) is 17.1. The molecule has 0 unspecified atom stereocenters. The number of thioether (sulfide) groups is 1. The lowest BCUT2D eigenvalue weighted by Gasteiger charge is -2.28. The summed E-state index contributed by atoms with van der Waals surface area (Å²) < 4.78 is 7.29. The summed E-state index contributed by atoms with van der Waals surface area (Å²) in [4.78, 5) is 14.7. The standard InChI is InChI=1S/C21H23N5O2S/c1-16-4-2-3-5-19(16)26-15-22-24-21(26)29-14-20(27)23-17-6-8-18(9-7-17)25-10-12-28-13-11-25/h2-9,15H,10-14H2,1H3,(H,23,27). The Morgan fingerprint density at radius 1 is 1.14 bits per heavy atom. The van der Waals surface area contributed by atoms with Crippen LogP contribution >= 0.6 is 11.8 Å². The number of amides is 1. The lowest BCUT2D eigenvalue weighted by molar-refractivity contribution is -0.113. The predicted molar refractivity (Wildman–Crippen MR) is 115 cm³/mol. The van der Waals surface area contributed by atoms with E-state index in [-0.39, 0.29) is 11.7 Å². The quantitative estimate of drug-likeness (QED) is 0.631. The number of rotatable bonds is 6. The molecule has 1 saturated heterocycles. The van der Waals surface area contributed by atoms with E-state index in [1.54, 1.807) is 6.33 Å². The Bertz CT molecular complexity index is 967. The third kappa shape index (κ3) is 4.78. The molecule has 0 radical (unpaired) electrons. The van der Waals surface area contributed by atoms with Crippen molar-refractivity contribution in [2.45, 2.75) is 12.1 Å². The van der Waals surface area contributed by atoms with Crippen LogP contribution < -0.4 is 10.2 Å². The second-order valence-electron chi connectivity index (χ2n) is 6.75. The second-order valence-corrected chi connectivity index (χ2v) is 7.70. The van der Waals surface area contributed by atoms with Crippen LogP contribution in [-0.2, 0) is 9.53 Å². The molecule has 1 aromatic heterocycles. The fourth-order valence-corrected chi connectivity index (χ4v) is 3.95. The van der Waals surface area contributed by atoms with Gasteiger partial charge in [0.1, 0.15) is 6.33 Å². The summed E-state index contributed by atoms with van der Waals surface area (Å²) in [5, 5.41) is 11.8. The number of carbonyl (C=O) groups is 1. The van der Waals surface area contributed by atoms with Gasteiger partial charge in [0.25, 0.3) is 0 Å². The summed E-state index contributed by atoms with van der Waals surface area (Å²) in [5.41, 5.74) is 4.07. The van der Waals surface area contributed by atoms with Crippen molar-refractivity contribution in [2.75, 3.05) is 42.3 Å². The minimum Gasteiger partial charge on any atom is -0.378 e. The number of nitrogens with one attached hydrogen (secondary N) is 1. The van der Waals surface area contributed by atoms with Crippen molar-refractivity contribution in [3.05, 3.63) is 60.4 Å². The predicted octanol–water partition coefficient (Wildman–Crippen LogP) is 3.14. The molecule has 1 amide bonds. The van der Waals surface area contributed by atoms with E-state index in [0.29, 0.717) is 5.16 Å². The maximum Gasteiger partial charge on any atom is 0.234 e. The molecular weight excluding hydrogens is 386 g/mol. The first-order valence-electron chi connectivity index (χ1n) is 9.52. The van der Waals surface area contributed by atoms with Gasteiger partial charge in [-0.15, -0.1) is 10.2 Å². The molecule has 2 aromatic carbocycles. The number of benzene rings is 2. The average molecular weight is 410 g/mol. The summed E-state index contributed by atoms with van der Waals surface area (Å²) in [7, 11) is 0. The highest BCUT2D eigenvalue weighted by Gasteiger charge is 2.13. The molecule has 1 aliphatic rings. The van der Waals surface area contributed by atoms with E-state index in [9.17, 15) is 4.79 Å². The first-order chi connectivity index (χ1) is 14.2.